The summed E-state index contributed by atoms with van der Waals surface area (Å²) in [6.07, 6.45) is 0. The number of carbonyl (C=O) groups excluding carboxylic acids is 1. The van der Waals surface area contributed by atoms with E-state index in [9.17, 15) is 18.0 Å². The summed E-state index contributed by atoms with van der Waals surface area (Å²) in [5.74, 6) is 0.00473. The SMILES string of the molecule is Cc1cc(=O)[nH]c(-c2ccc(NC(=O)c3cccc(S(=O)(=O)N(C)C)c3)cc2)n1. The highest BCUT2D eigenvalue weighted by atomic mass is 32.2. The van der Waals surface area contributed by atoms with Crippen LogP contribution in [-0.2, 0) is 10.0 Å². The van der Waals surface area contributed by atoms with Gasteiger partial charge in [-0.1, -0.05) is 6.07 Å². The summed E-state index contributed by atoms with van der Waals surface area (Å²) < 4.78 is 25.6. The van der Waals surface area contributed by atoms with Crippen LogP contribution in [0, 0.1) is 6.92 Å². The van der Waals surface area contributed by atoms with Crippen LogP contribution in [0.15, 0.2) is 64.3 Å². The van der Waals surface area contributed by atoms with Crippen LogP contribution in [0.25, 0.3) is 11.4 Å². The Labute approximate surface area is 168 Å². The minimum atomic E-state index is -3.63. The highest BCUT2D eigenvalue weighted by Gasteiger charge is 2.18. The van der Waals surface area contributed by atoms with Gasteiger partial charge < -0.3 is 10.3 Å². The number of aromatic amines is 1. The molecule has 0 fully saturated rings. The third kappa shape index (κ3) is 4.58. The van der Waals surface area contributed by atoms with E-state index in [0.717, 1.165) is 4.31 Å². The van der Waals surface area contributed by atoms with Gasteiger partial charge in [-0.2, -0.15) is 0 Å². The van der Waals surface area contributed by atoms with Crippen LogP contribution in [0.3, 0.4) is 0 Å². The van der Waals surface area contributed by atoms with Gasteiger partial charge in [0.1, 0.15) is 5.82 Å². The highest BCUT2D eigenvalue weighted by molar-refractivity contribution is 7.89. The third-order valence-corrected chi connectivity index (χ3v) is 5.97. The number of benzene rings is 2. The van der Waals surface area contributed by atoms with E-state index in [-0.39, 0.29) is 16.0 Å². The summed E-state index contributed by atoms with van der Waals surface area (Å²) in [5, 5.41) is 2.73. The molecule has 0 spiro atoms. The number of nitrogens with zero attached hydrogens (tertiary/aromatic N) is 2. The molecule has 0 saturated carbocycles. The second-order valence-electron chi connectivity index (χ2n) is 6.58. The number of aryl methyl sites for hydroxylation is 1. The molecule has 3 rings (SSSR count). The molecule has 2 aromatic carbocycles. The molecule has 0 aliphatic rings. The third-order valence-electron chi connectivity index (χ3n) is 4.16. The first-order valence-corrected chi connectivity index (χ1v) is 10.1. The van der Waals surface area contributed by atoms with Gasteiger partial charge in [-0.25, -0.2) is 17.7 Å². The molecule has 0 radical (unpaired) electrons. The molecule has 0 atom stereocenters. The normalized spacial score (nSPS) is 11.4. The minimum Gasteiger partial charge on any atom is -0.322 e. The first-order chi connectivity index (χ1) is 13.7. The Morgan fingerprint density at radius 2 is 1.76 bits per heavy atom. The van der Waals surface area contributed by atoms with Gasteiger partial charge in [-0.3, -0.25) is 9.59 Å². The summed E-state index contributed by atoms with van der Waals surface area (Å²) >= 11 is 0. The molecule has 0 bridgehead atoms. The Morgan fingerprint density at radius 3 is 2.38 bits per heavy atom. The van der Waals surface area contributed by atoms with Crippen molar-refractivity contribution in [1.29, 1.82) is 0 Å². The van der Waals surface area contributed by atoms with Crippen LogP contribution in [-0.4, -0.2) is 42.7 Å². The number of rotatable bonds is 5. The molecule has 1 heterocycles. The van der Waals surface area contributed by atoms with Crippen molar-refractivity contribution in [2.24, 2.45) is 0 Å². The van der Waals surface area contributed by atoms with Crippen molar-refractivity contribution in [3.8, 4) is 11.4 Å². The molecule has 9 heteroatoms. The molecule has 8 nitrogen and oxygen atoms in total. The van der Waals surface area contributed by atoms with E-state index in [1.807, 2.05) is 0 Å². The van der Waals surface area contributed by atoms with Crippen molar-refractivity contribution in [2.75, 3.05) is 19.4 Å². The largest absolute Gasteiger partial charge is 0.322 e. The lowest BCUT2D eigenvalue weighted by Gasteiger charge is -2.12. The van der Waals surface area contributed by atoms with E-state index < -0.39 is 15.9 Å². The second-order valence-corrected chi connectivity index (χ2v) is 8.73. The van der Waals surface area contributed by atoms with Gasteiger partial charge in [-0.15, -0.1) is 0 Å². The molecule has 3 aromatic rings. The molecule has 1 aromatic heterocycles. The van der Waals surface area contributed by atoms with Crippen molar-refractivity contribution in [3.05, 3.63) is 76.2 Å². The van der Waals surface area contributed by atoms with Gasteiger partial charge in [0.25, 0.3) is 11.5 Å². The topological polar surface area (TPSA) is 112 Å². The minimum absolute atomic E-state index is 0.0416. The van der Waals surface area contributed by atoms with Crippen LogP contribution >= 0.6 is 0 Å². The van der Waals surface area contributed by atoms with Crippen LogP contribution in [0.5, 0.6) is 0 Å². The van der Waals surface area contributed by atoms with E-state index in [1.165, 1.54) is 38.4 Å². The molecule has 0 unspecified atom stereocenters. The molecule has 2 N–H and O–H groups in total. The highest BCUT2D eigenvalue weighted by Crippen LogP contribution is 2.19. The van der Waals surface area contributed by atoms with Crippen LogP contribution in [0.1, 0.15) is 16.1 Å². The standard InChI is InChI=1S/C20H20N4O4S/c1-13-11-18(25)23-19(21-13)14-7-9-16(10-8-14)22-20(26)15-5-4-6-17(12-15)29(27,28)24(2)3/h4-12H,1-3H3,(H,22,26)(H,21,23,25). The van der Waals surface area contributed by atoms with Crippen LogP contribution < -0.4 is 10.9 Å². The lowest BCUT2D eigenvalue weighted by atomic mass is 10.1. The van der Waals surface area contributed by atoms with Crippen molar-refractivity contribution in [2.45, 2.75) is 11.8 Å². The predicted octanol–water partition coefficient (Wildman–Crippen LogP) is 2.25. The zero-order valence-corrected chi connectivity index (χ0v) is 16.9. The van der Waals surface area contributed by atoms with Gasteiger partial charge >= 0.3 is 0 Å². The van der Waals surface area contributed by atoms with E-state index >= 15 is 0 Å². The lowest BCUT2D eigenvalue weighted by molar-refractivity contribution is 0.102. The van der Waals surface area contributed by atoms with Crippen molar-refractivity contribution < 1.29 is 13.2 Å². The monoisotopic (exact) mass is 412 g/mol. The molecule has 1 amide bonds. The lowest BCUT2D eigenvalue weighted by Crippen LogP contribution is -2.22. The first kappa shape index (κ1) is 20.4. The fraction of sp³-hybridized carbons (Fsp3) is 0.150. The molecule has 150 valence electrons. The van der Waals surface area contributed by atoms with Gasteiger partial charge in [0.05, 0.1) is 4.90 Å². The summed E-state index contributed by atoms with van der Waals surface area (Å²) in [4.78, 5) is 31.1. The second kappa shape index (κ2) is 7.98. The van der Waals surface area contributed by atoms with Crippen molar-refractivity contribution >= 4 is 21.6 Å². The van der Waals surface area contributed by atoms with Gasteiger partial charge in [-0.05, 0) is 49.4 Å². The maximum Gasteiger partial charge on any atom is 0.255 e. The van der Waals surface area contributed by atoms with E-state index in [2.05, 4.69) is 15.3 Å². The number of amides is 1. The smallest absolute Gasteiger partial charge is 0.255 e. The molecular weight excluding hydrogens is 392 g/mol. The number of sulfonamides is 1. The number of anilines is 1. The summed E-state index contributed by atoms with van der Waals surface area (Å²) in [5.41, 5.74) is 1.81. The first-order valence-electron chi connectivity index (χ1n) is 8.69. The van der Waals surface area contributed by atoms with Crippen LogP contribution in [0.4, 0.5) is 5.69 Å². The average Bonchev–Trinajstić information content (AvgIpc) is 2.67. The fourth-order valence-electron chi connectivity index (χ4n) is 2.64. The summed E-state index contributed by atoms with van der Waals surface area (Å²) in [6, 6.07) is 14.0. The number of hydrogen-bond acceptors (Lipinski definition) is 5. The zero-order chi connectivity index (χ0) is 21.2. The number of aromatic nitrogens is 2. The number of H-pyrrole nitrogens is 1. The Balaban J connectivity index is 1.80. The molecule has 0 aliphatic carbocycles. The fourth-order valence-corrected chi connectivity index (χ4v) is 3.59. The van der Waals surface area contributed by atoms with E-state index in [0.29, 0.717) is 22.8 Å². The number of hydrogen-bond donors (Lipinski definition) is 2. The van der Waals surface area contributed by atoms with Gasteiger partial charge in [0.2, 0.25) is 10.0 Å². The number of carbonyl (C=O) groups is 1. The summed E-state index contributed by atoms with van der Waals surface area (Å²) in [7, 11) is -0.771. The average molecular weight is 412 g/mol. The Kier molecular flexibility index (Phi) is 5.62. The van der Waals surface area contributed by atoms with E-state index in [1.54, 1.807) is 37.3 Å². The molecular formula is C20H20N4O4S. The van der Waals surface area contributed by atoms with Crippen LogP contribution in [0.2, 0.25) is 0 Å². The molecule has 0 aliphatic heterocycles. The Hall–Kier alpha value is -3.30. The van der Waals surface area contributed by atoms with Crippen molar-refractivity contribution in [1.82, 2.24) is 14.3 Å². The Morgan fingerprint density at radius 1 is 1.07 bits per heavy atom. The molecule has 29 heavy (non-hydrogen) atoms. The maximum absolute atomic E-state index is 12.5. The maximum atomic E-state index is 12.5. The van der Waals surface area contributed by atoms with Crippen molar-refractivity contribution in [3.63, 3.8) is 0 Å². The van der Waals surface area contributed by atoms with E-state index in [4.69, 9.17) is 0 Å². The zero-order valence-electron chi connectivity index (χ0n) is 16.1. The predicted molar refractivity (Wildman–Crippen MR) is 110 cm³/mol. The van der Waals surface area contributed by atoms with Gasteiger partial charge in [0, 0.05) is 42.7 Å². The Bertz CT molecular complexity index is 1220. The summed E-state index contributed by atoms with van der Waals surface area (Å²) in [6.45, 7) is 1.73. The van der Waals surface area contributed by atoms with Gasteiger partial charge in [0.15, 0.2) is 0 Å². The molecule has 0 saturated heterocycles. The quantitative estimate of drug-likeness (QED) is 0.667. The number of nitrogens with one attached hydrogen (secondary N) is 2.